The number of aromatic nitrogens is 2. The molecule has 6 heteroatoms. The molecule has 2 rings (SSSR count). The number of rotatable bonds is 4. The largest absolute Gasteiger partial charge is 0.307 e. The van der Waals surface area contributed by atoms with Gasteiger partial charge in [-0.15, -0.1) is 0 Å². The van der Waals surface area contributed by atoms with Gasteiger partial charge in [0.25, 0.3) is 0 Å². The Morgan fingerprint density at radius 3 is 2.53 bits per heavy atom. The fourth-order valence-corrected chi connectivity index (χ4v) is 1.58. The highest BCUT2D eigenvalue weighted by atomic mass is 19.1. The summed E-state index contributed by atoms with van der Waals surface area (Å²) in [5.74, 6) is -1.47. The van der Waals surface area contributed by atoms with Crippen molar-refractivity contribution in [3.8, 4) is 6.07 Å². The molecule has 0 atom stereocenters. The van der Waals surface area contributed by atoms with Gasteiger partial charge in [0.05, 0.1) is 17.3 Å². The first kappa shape index (κ1) is 13.1. The molecule has 0 saturated heterocycles. The standard InChI is InChI=1S/C13H10F2N4/c14-12-4-9(6-16)5-13(15)11(12)8-17-7-10-2-1-3-18-19-10/h1-5,17H,7-8H2. The van der Waals surface area contributed by atoms with Gasteiger partial charge in [0.2, 0.25) is 0 Å². The Labute approximate surface area is 108 Å². The first-order chi connectivity index (χ1) is 9.20. The predicted molar refractivity (Wildman–Crippen MR) is 63.6 cm³/mol. The van der Waals surface area contributed by atoms with Crippen molar-refractivity contribution < 1.29 is 8.78 Å². The minimum atomic E-state index is -0.733. The van der Waals surface area contributed by atoms with E-state index in [1.54, 1.807) is 24.4 Å². The van der Waals surface area contributed by atoms with Crippen LogP contribution in [-0.2, 0) is 13.1 Å². The van der Waals surface area contributed by atoms with Crippen molar-refractivity contribution in [3.63, 3.8) is 0 Å². The Kier molecular flexibility index (Phi) is 4.11. The molecule has 0 bridgehead atoms. The third-order valence-corrected chi connectivity index (χ3v) is 2.51. The smallest absolute Gasteiger partial charge is 0.131 e. The second kappa shape index (κ2) is 5.98. The lowest BCUT2D eigenvalue weighted by Gasteiger charge is -2.07. The average Bonchev–Trinajstić information content (AvgIpc) is 2.42. The fraction of sp³-hybridized carbons (Fsp3) is 0.154. The second-order valence-electron chi connectivity index (χ2n) is 3.85. The number of nitrogens with zero attached hydrogens (tertiary/aromatic N) is 3. The van der Waals surface area contributed by atoms with Crippen LogP contribution in [0.1, 0.15) is 16.8 Å². The summed E-state index contributed by atoms with van der Waals surface area (Å²) in [7, 11) is 0. The molecule has 0 fully saturated rings. The molecule has 1 aromatic heterocycles. The summed E-state index contributed by atoms with van der Waals surface area (Å²) in [5, 5.41) is 19.0. The Bertz CT molecular complexity index is 585. The van der Waals surface area contributed by atoms with Crippen LogP contribution in [0, 0.1) is 23.0 Å². The normalized spacial score (nSPS) is 10.2. The molecular weight excluding hydrogens is 250 g/mol. The van der Waals surface area contributed by atoms with Crippen LogP contribution in [0.2, 0.25) is 0 Å². The van der Waals surface area contributed by atoms with Crippen molar-refractivity contribution in [2.24, 2.45) is 0 Å². The summed E-state index contributed by atoms with van der Waals surface area (Å²) in [6, 6.07) is 7.22. The molecule has 1 N–H and O–H groups in total. The topological polar surface area (TPSA) is 61.6 Å². The molecule has 0 aliphatic rings. The summed E-state index contributed by atoms with van der Waals surface area (Å²) < 4.78 is 27.1. The maximum atomic E-state index is 13.6. The van der Waals surface area contributed by atoms with Crippen LogP contribution in [0.25, 0.3) is 0 Å². The zero-order chi connectivity index (χ0) is 13.7. The Morgan fingerprint density at radius 1 is 1.21 bits per heavy atom. The zero-order valence-corrected chi connectivity index (χ0v) is 9.90. The SMILES string of the molecule is N#Cc1cc(F)c(CNCc2cccnn2)c(F)c1. The van der Waals surface area contributed by atoms with E-state index in [4.69, 9.17) is 5.26 Å². The molecular formula is C13H10F2N4. The molecule has 0 aliphatic carbocycles. The molecule has 0 radical (unpaired) electrons. The van der Waals surface area contributed by atoms with Gasteiger partial charge in [0.1, 0.15) is 11.6 Å². The predicted octanol–water partition coefficient (Wildman–Crippen LogP) is 1.92. The lowest BCUT2D eigenvalue weighted by Crippen LogP contribution is -2.16. The Hall–Kier alpha value is -2.39. The number of nitrogens with one attached hydrogen (secondary N) is 1. The van der Waals surface area contributed by atoms with E-state index >= 15 is 0 Å². The van der Waals surface area contributed by atoms with Crippen LogP contribution in [0.3, 0.4) is 0 Å². The van der Waals surface area contributed by atoms with Gasteiger partial charge in [-0.25, -0.2) is 8.78 Å². The first-order valence-electron chi connectivity index (χ1n) is 5.56. The van der Waals surface area contributed by atoms with E-state index in [1.165, 1.54) is 0 Å². The van der Waals surface area contributed by atoms with Crippen LogP contribution in [0.5, 0.6) is 0 Å². The molecule has 96 valence electrons. The molecule has 19 heavy (non-hydrogen) atoms. The van der Waals surface area contributed by atoms with Crippen molar-refractivity contribution in [1.82, 2.24) is 15.5 Å². The van der Waals surface area contributed by atoms with E-state index < -0.39 is 11.6 Å². The summed E-state index contributed by atoms with van der Waals surface area (Å²) in [4.78, 5) is 0. The van der Waals surface area contributed by atoms with Gasteiger partial charge in [0.15, 0.2) is 0 Å². The van der Waals surface area contributed by atoms with E-state index in [9.17, 15) is 8.78 Å². The van der Waals surface area contributed by atoms with Gasteiger partial charge in [-0.3, -0.25) is 0 Å². The molecule has 0 saturated carbocycles. The molecule has 0 amide bonds. The van der Waals surface area contributed by atoms with Gasteiger partial charge < -0.3 is 5.32 Å². The highest BCUT2D eigenvalue weighted by Crippen LogP contribution is 2.15. The third-order valence-electron chi connectivity index (χ3n) is 2.51. The third kappa shape index (κ3) is 3.30. The molecule has 0 aliphatic heterocycles. The molecule has 1 aromatic carbocycles. The number of hydrogen-bond acceptors (Lipinski definition) is 4. The molecule has 0 unspecified atom stereocenters. The monoisotopic (exact) mass is 260 g/mol. The van der Waals surface area contributed by atoms with E-state index in [0.717, 1.165) is 12.1 Å². The molecule has 0 spiro atoms. The van der Waals surface area contributed by atoms with Crippen LogP contribution in [-0.4, -0.2) is 10.2 Å². The van der Waals surface area contributed by atoms with E-state index in [1.807, 2.05) is 0 Å². The van der Waals surface area contributed by atoms with E-state index in [2.05, 4.69) is 15.5 Å². The van der Waals surface area contributed by atoms with Crippen molar-refractivity contribution >= 4 is 0 Å². The maximum Gasteiger partial charge on any atom is 0.131 e. The lowest BCUT2D eigenvalue weighted by molar-refractivity contribution is 0.533. The van der Waals surface area contributed by atoms with Crippen molar-refractivity contribution in [1.29, 1.82) is 5.26 Å². The van der Waals surface area contributed by atoms with Gasteiger partial charge >= 0.3 is 0 Å². The number of nitriles is 1. The first-order valence-corrected chi connectivity index (χ1v) is 5.56. The Morgan fingerprint density at radius 2 is 1.95 bits per heavy atom. The van der Waals surface area contributed by atoms with Gasteiger partial charge in [-0.05, 0) is 24.3 Å². The highest BCUT2D eigenvalue weighted by molar-refractivity contribution is 5.34. The highest BCUT2D eigenvalue weighted by Gasteiger charge is 2.10. The minimum Gasteiger partial charge on any atom is -0.307 e. The summed E-state index contributed by atoms with van der Waals surface area (Å²) in [5.41, 5.74) is 0.549. The van der Waals surface area contributed by atoms with Crippen molar-refractivity contribution in [2.75, 3.05) is 0 Å². The van der Waals surface area contributed by atoms with Crippen molar-refractivity contribution in [3.05, 3.63) is 58.9 Å². The average molecular weight is 260 g/mol. The maximum absolute atomic E-state index is 13.6. The van der Waals surface area contributed by atoms with E-state index in [0.29, 0.717) is 12.2 Å². The van der Waals surface area contributed by atoms with Crippen LogP contribution in [0.15, 0.2) is 30.5 Å². The second-order valence-corrected chi connectivity index (χ2v) is 3.85. The minimum absolute atomic E-state index is 0.0138. The molecule has 1 heterocycles. The zero-order valence-electron chi connectivity index (χ0n) is 9.90. The van der Waals surface area contributed by atoms with Gasteiger partial charge in [-0.2, -0.15) is 15.5 Å². The molecule has 2 aromatic rings. The van der Waals surface area contributed by atoms with Gasteiger partial charge in [-0.1, -0.05) is 0 Å². The van der Waals surface area contributed by atoms with Crippen molar-refractivity contribution in [2.45, 2.75) is 13.1 Å². The van der Waals surface area contributed by atoms with Crippen LogP contribution in [0.4, 0.5) is 8.78 Å². The van der Waals surface area contributed by atoms with Crippen LogP contribution >= 0.6 is 0 Å². The Balaban J connectivity index is 2.02. The molecule has 4 nitrogen and oxygen atoms in total. The lowest BCUT2D eigenvalue weighted by atomic mass is 10.1. The van der Waals surface area contributed by atoms with E-state index in [-0.39, 0.29) is 17.7 Å². The van der Waals surface area contributed by atoms with Gasteiger partial charge in [0, 0.05) is 24.8 Å². The number of halogens is 2. The summed E-state index contributed by atoms with van der Waals surface area (Å²) in [6.07, 6.45) is 1.55. The summed E-state index contributed by atoms with van der Waals surface area (Å²) >= 11 is 0. The fourth-order valence-electron chi connectivity index (χ4n) is 1.58. The number of hydrogen-bond donors (Lipinski definition) is 1. The quantitative estimate of drug-likeness (QED) is 0.912. The van der Waals surface area contributed by atoms with Crippen LogP contribution < -0.4 is 5.32 Å². The summed E-state index contributed by atoms with van der Waals surface area (Å²) in [6.45, 7) is 0.368. The number of benzene rings is 1.